The fourth-order valence-corrected chi connectivity index (χ4v) is 4.92. The molecule has 1 aromatic rings. The van der Waals surface area contributed by atoms with E-state index < -0.39 is 5.54 Å². The number of benzene rings is 1. The molecule has 3 aliphatic rings. The van der Waals surface area contributed by atoms with Gasteiger partial charge in [0.05, 0.1) is 13.3 Å². The number of ether oxygens (including phenoxy) is 1. The van der Waals surface area contributed by atoms with Gasteiger partial charge in [0, 0.05) is 37.9 Å². The molecular weight excluding hydrogens is 356 g/mol. The Morgan fingerprint density at radius 2 is 1.82 bits per heavy atom. The van der Waals surface area contributed by atoms with E-state index in [2.05, 4.69) is 27.2 Å². The third-order valence-corrected chi connectivity index (χ3v) is 6.54. The fraction of sp³-hybridized carbons (Fsp3) is 0.619. The van der Waals surface area contributed by atoms with Crippen molar-refractivity contribution in [3.05, 3.63) is 30.3 Å². The maximum Gasteiger partial charge on any atom is 0.409 e. The molecule has 0 unspecified atom stereocenters. The molecule has 4 rings (SSSR count). The highest BCUT2D eigenvalue weighted by Gasteiger charge is 2.50. The molecule has 152 valence electrons. The van der Waals surface area contributed by atoms with Crippen LogP contribution in [0.5, 0.6) is 0 Å². The molecule has 28 heavy (non-hydrogen) atoms. The number of piperidine rings is 2. The standard InChI is InChI=1S/C21H30N4O3/c1-2-28-20(27)24-12-8-17(9-13-24)23-14-10-21(11-15-23)19(26)22-16-25(21)18-6-4-3-5-7-18/h3-7,17H,2,8-16H2,1H3,(H,22,26). The van der Waals surface area contributed by atoms with Crippen LogP contribution in [-0.2, 0) is 9.53 Å². The molecule has 3 heterocycles. The number of likely N-dealkylation sites (tertiary alicyclic amines) is 2. The Bertz CT molecular complexity index is 695. The van der Waals surface area contributed by atoms with Crippen LogP contribution in [0.3, 0.4) is 0 Å². The highest BCUT2D eigenvalue weighted by molar-refractivity contribution is 5.93. The van der Waals surface area contributed by atoms with Gasteiger partial charge < -0.3 is 24.8 Å². The smallest absolute Gasteiger partial charge is 0.409 e. The lowest BCUT2D eigenvalue weighted by Crippen LogP contribution is -2.59. The van der Waals surface area contributed by atoms with Crippen molar-refractivity contribution in [3.8, 4) is 0 Å². The second-order valence-electron chi connectivity index (χ2n) is 7.91. The summed E-state index contributed by atoms with van der Waals surface area (Å²) in [4.78, 5) is 31.2. The molecule has 0 saturated carbocycles. The number of rotatable bonds is 3. The summed E-state index contributed by atoms with van der Waals surface area (Å²) >= 11 is 0. The van der Waals surface area contributed by atoms with Gasteiger partial charge in [0.1, 0.15) is 5.54 Å². The van der Waals surface area contributed by atoms with Crippen LogP contribution >= 0.6 is 0 Å². The van der Waals surface area contributed by atoms with Gasteiger partial charge in [-0.3, -0.25) is 4.79 Å². The number of hydrogen-bond acceptors (Lipinski definition) is 5. The van der Waals surface area contributed by atoms with Gasteiger partial charge >= 0.3 is 6.09 Å². The number of para-hydroxylation sites is 1. The van der Waals surface area contributed by atoms with Crippen molar-refractivity contribution in [3.63, 3.8) is 0 Å². The third kappa shape index (κ3) is 3.43. The molecule has 0 bridgehead atoms. The Kier molecular flexibility index (Phi) is 5.44. The summed E-state index contributed by atoms with van der Waals surface area (Å²) in [6.45, 7) is 6.19. The van der Waals surface area contributed by atoms with E-state index in [9.17, 15) is 9.59 Å². The average molecular weight is 386 g/mol. The van der Waals surface area contributed by atoms with E-state index in [-0.39, 0.29) is 12.0 Å². The Balaban J connectivity index is 1.37. The van der Waals surface area contributed by atoms with Crippen LogP contribution in [0, 0.1) is 0 Å². The van der Waals surface area contributed by atoms with E-state index in [4.69, 9.17) is 4.74 Å². The molecule has 2 amide bonds. The number of carbonyl (C=O) groups is 2. The quantitative estimate of drug-likeness (QED) is 0.861. The summed E-state index contributed by atoms with van der Waals surface area (Å²) < 4.78 is 5.11. The topological polar surface area (TPSA) is 65.1 Å². The lowest BCUT2D eigenvalue weighted by molar-refractivity contribution is -0.125. The average Bonchev–Trinajstić information content (AvgIpc) is 3.05. The zero-order valence-electron chi connectivity index (χ0n) is 16.6. The SMILES string of the molecule is CCOC(=O)N1CCC(N2CCC3(CC2)C(=O)NCN3c2ccccc2)CC1. The van der Waals surface area contributed by atoms with Gasteiger partial charge in [-0.05, 0) is 44.7 Å². The molecule has 7 nitrogen and oxygen atoms in total. The van der Waals surface area contributed by atoms with Gasteiger partial charge in [0.2, 0.25) is 5.91 Å². The highest BCUT2D eigenvalue weighted by atomic mass is 16.6. The van der Waals surface area contributed by atoms with Crippen LogP contribution in [0.15, 0.2) is 30.3 Å². The normalized spacial score (nSPS) is 23.1. The van der Waals surface area contributed by atoms with Gasteiger partial charge in [-0.15, -0.1) is 0 Å². The molecule has 0 aliphatic carbocycles. The molecule has 0 aromatic heterocycles. The first-order chi connectivity index (χ1) is 13.6. The first-order valence-corrected chi connectivity index (χ1v) is 10.4. The van der Waals surface area contributed by atoms with Crippen LogP contribution in [0.1, 0.15) is 32.6 Å². The maximum atomic E-state index is 12.8. The van der Waals surface area contributed by atoms with E-state index >= 15 is 0 Å². The van der Waals surface area contributed by atoms with Crippen molar-refractivity contribution in [2.45, 2.75) is 44.2 Å². The van der Waals surface area contributed by atoms with E-state index in [0.29, 0.717) is 19.3 Å². The van der Waals surface area contributed by atoms with E-state index in [1.807, 2.05) is 30.0 Å². The number of anilines is 1. The monoisotopic (exact) mass is 386 g/mol. The number of hydrogen-bond donors (Lipinski definition) is 1. The van der Waals surface area contributed by atoms with Gasteiger partial charge in [-0.2, -0.15) is 0 Å². The first-order valence-electron chi connectivity index (χ1n) is 10.4. The van der Waals surface area contributed by atoms with Crippen molar-refractivity contribution < 1.29 is 14.3 Å². The van der Waals surface area contributed by atoms with Gasteiger partial charge in [-0.25, -0.2) is 4.79 Å². The minimum absolute atomic E-state index is 0.160. The summed E-state index contributed by atoms with van der Waals surface area (Å²) in [6.07, 6.45) is 3.43. The van der Waals surface area contributed by atoms with Gasteiger partial charge in [0.15, 0.2) is 0 Å². The molecule has 0 radical (unpaired) electrons. The van der Waals surface area contributed by atoms with Crippen LogP contribution in [0.2, 0.25) is 0 Å². The number of nitrogens with one attached hydrogen (secondary N) is 1. The number of amides is 2. The van der Waals surface area contributed by atoms with Crippen molar-refractivity contribution >= 4 is 17.7 Å². The second-order valence-corrected chi connectivity index (χ2v) is 7.91. The summed E-state index contributed by atoms with van der Waals surface area (Å²) in [7, 11) is 0. The van der Waals surface area contributed by atoms with Gasteiger partial charge in [-0.1, -0.05) is 18.2 Å². The Labute approximate surface area is 166 Å². The maximum absolute atomic E-state index is 12.8. The first kappa shape index (κ1) is 19.1. The molecule has 1 aromatic carbocycles. The molecular formula is C21H30N4O3. The predicted molar refractivity (Wildman–Crippen MR) is 107 cm³/mol. The van der Waals surface area contributed by atoms with Crippen LogP contribution in [-0.4, -0.2) is 72.8 Å². The summed E-state index contributed by atoms with van der Waals surface area (Å²) in [5.41, 5.74) is 0.681. The van der Waals surface area contributed by atoms with Gasteiger partial charge in [0.25, 0.3) is 0 Å². The third-order valence-electron chi connectivity index (χ3n) is 6.54. The molecule has 1 spiro atoms. The van der Waals surface area contributed by atoms with Crippen LogP contribution < -0.4 is 10.2 Å². The largest absolute Gasteiger partial charge is 0.450 e. The molecule has 1 N–H and O–H groups in total. The zero-order valence-corrected chi connectivity index (χ0v) is 16.6. The second kappa shape index (κ2) is 7.99. The summed E-state index contributed by atoms with van der Waals surface area (Å²) in [5.74, 6) is 0.160. The highest BCUT2D eigenvalue weighted by Crippen LogP contribution is 2.37. The van der Waals surface area contributed by atoms with E-state index in [1.165, 1.54) is 0 Å². The zero-order chi connectivity index (χ0) is 19.6. The molecule has 7 heteroatoms. The lowest BCUT2D eigenvalue weighted by atomic mass is 9.84. The molecule has 3 aliphatic heterocycles. The van der Waals surface area contributed by atoms with Crippen molar-refractivity contribution in [2.75, 3.05) is 44.4 Å². The summed E-state index contributed by atoms with van der Waals surface area (Å²) in [6, 6.07) is 10.7. The number of carbonyl (C=O) groups excluding carboxylic acids is 2. The lowest BCUT2D eigenvalue weighted by Gasteiger charge is -2.47. The van der Waals surface area contributed by atoms with Crippen molar-refractivity contribution in [2.24, 2.45) is 0 Å². The Morgan fingerprint density at radius 3 is 2.46 bits per heavy atom. The van der Waals surface area contributed by atoms with E-state index in [1.54, 1.807) is 0 Å². The van der Waals surface area contributed by atoms with Crippen LogP contribution in [0.4, 0.5) is 10.5 Å². The Hall–Kier alpha value is -2.28. The molecule has 0 atom stereocenters. The molecule has 3 fully saturated rings. The van der Waals surface area contributed by atoms with Crippen molar-refractivity contribution in [1.82, 2.24) is 15.1 Å². The Morgan fingerprint density at radius 1 is 1.14 bits per heavy atom. The minimum atomic E-state index is -0.427. The summed E-state index contributed by atoms with van der Waals surface area (Å²) in [5, 5.41) is 3.06. The minimum Gasteiger partial charge on any atom is -0.450 e. The van der Waals surface area contributed by atoms with Crippen molar-refractivity contribution in [1.29, 1.82) is 0 Å². The van der Waals surface area contributed by atoms with Crippen LogP contribution in [0.25, 0.3) is 0 Å². The predicted octanol–water partition coefficient (Wildman–Crippen LogP) is 2.04. The fourth-order valence-electron chi connectivity index (χ4n) is 4.92. The van der Waals surface area contributed by atoms with E-state index in [0.717, 1.165) is 57.5 Å². The molecule has 3 saturated heterocycles. The number of nitrogens with zero attached hydrogens (tertiary/aromatic N) is 3.